The maximum Gasteiger partial charge on any atom is 0.408 e. The van der Waals surface area contributed by atoms with Crippen molar-refractivity contribution >= 4 is 18.0 Å². The number of carboxylic acid groups (broad SMARTS) is 2. The van der Waals surface area contributed by atoms with E-state index in [9.17, 15) is 14.4 Å². The number of amides is 1. The average Bonchev–Trinajstić information content (AvgIpc) is 2.12. The molecule has 0 aromatic heterocycles. The largest absolute Gasteiger partial charge is 0.480 e. The Morgan fingerprint density at radius 3 is 2.00 bits per heavy atom. The lowest BCUT2D eigenvalue weighted by Crippen LogP contribution is -2.46. The van der Waals surface area contributed by atoms with Crippen molar-refractivity contribution in [2.45, 2.75) is 44.9 Å². The van der Waals surface area contributed by atoms with Gasteiger partial charge in [-0.3, -0.25) is 0 Å². The van der Waals surface area contributed by atoms with E-state index in [0.717, 1.165) is 0 Å². The van der Waals surface area contributed by atoms with Gasteiger partial charge in [0.2, 0.25) is 0 Å². The molecule has 0 heterocycles. The summed E-state index contributed by atoms with van der Waals surface area (Å²) in [6, 6.07) is -1.54. The van der Waals surface area contributed by atoms with E-state index in [1.54, 1.807) is 20.8 Å². The molecule has 4 N–H and O–H groups in total. The van der Waals surface area contributed by atoms with E-state index in [1.807, 2.05) is 5.32 Å². The third-order valence-corrected chi connectivity index (χ3v) is 1.73. The van der Waals surface area contributed by atoms with Crippen LogP contribution in [0.2, 0.25) is 0 Å². The molecule has 0 unspecified atom stereocenters. The Kier molecular flexibility index (Phi) is 5.57. The van der Waals surface area contributed by atoms with E-state index in [1.165, 1.54) is 0 Å². The monoisotopic (exact) mass is 263 g/mol. The summed E-state index contributed by atoms with van der Waals surface area (Å²) < 4.78 is 4.82. The lowest BCUT2D eigenvalue weighted by Gasteiger charge is -2.22. The topological polar surface area (TPSA) is 133 Å². The maximum atomic E-state index is 11.3. The predicted octanol–water partition coefficient (Wildman–Crippen LogP) is -0.200. The van der Waals surface area contributed by atoms with Crippen LogP contribution in [-0.2, 0) is 14.3 Å². The Morgan fingerprint density at radius 1 is 1.17 bits per heavy atom. The van der Waals surface area contributed by atoms with Crippen LogP contribution in [0.1, 0.15) is 27.2 Å². The highest BCUT2D eigenvalue weighted by Gasteiger charge is 2.28. The number of aliphatic carboxylic acids is 2. The maximum absolute atomic E-state index is 11.3. The first-order valence-electron chi connectivity index (χ1n) is 5.16. The van der Waals surface area contributed by atoms with Crippen LogP contribution < -0.4 is 5.32 Å². The number of carbonyl (C=O) groups is 3. The van der Waals surface area contributed by atoms with Crippen LogP contribution in [0.5, 0.6) is 0 Å². The molecule has 0 aromatic carbocycles. The van der Waals surface area contributed by atoms with Gasteiger partial charge in [-0.2, -0.15) is 0 Å². The quantitative estimate of drug-likeness (QED) is 0.539. The lowest BCUT2D eigenvalue weighted by molar-refractivity contribution is -0.148. The number of hydrogen-bond acceptors (Lipinski definition) is 5. The number of aliphatic hydroxyl groups excluding tert-OH is 1. The van der Waals surface area contributed by atoms with Crippen LogP contribution in [0.4, 0.5) is 4.79 Å². The molecule has 2 atom stereocenters. The van der Waals surface area contributed by atoms with Gasteiger partial charge in [0.1, 0.15) is 11.6 Å². The van der Waals surface area contributed by atoms with Crippen LogP contribution in [0.3, 0.4) is 0 Å². The third kappa shape index (κ3) is 6.69. The summed E-state index contributed by atoms with van der Waals surface area (Å²) in [5, 5.41) is 28.2. The highest BCUT2D eigenvalue weighted by atomic mass is 16.6. The summed E-state index contributed by atoms with van der Waals surface area (Å²) in [6.45, 7) is 4.78. The van der Waals surface area contributed by atoms with Crippen LogP contribution in [0, 0.1) is 0 Å². The SMILES string of the molecule is CC(C)(C)OC(=O)N[C@@H](C[C@@H](O)C(=O)O)C(=O)O. The highest BCUT2D eigenvalue weighted by Crippen LogP contribution is 2.08. The molecule has 104 valence electrons. The van der Waals surface area contributed by atoms with Gasteiger partial charge in [0, 0.05) is 6.42 Å². The minimum Gasteiger partial charge on any atom is -0.480 e. The minimum absolute atomic E-state index is 0.649. The number of hydrogen-bond donors (Lipinski definition) is 4. The summed E-state index contributed by atoms with van der Waals surface area (Å²) in [6.07, 6.45) is -3.52. The normalized spacial score (nSPS) is 14.4. The van der Waals surface area contributed by atoms with Crippen molar-refractivity contribution in [1.29, 1.82) is 0 Å². The minimum atomic E-state index is -1.87. The number of rotatable bonds is 5. The summed E-state index contributed by atoms with van der Waals surface area (Å²) in [5.41, 5.74) is -0.807. The van der Waals surface area contributed by atoms with Gasteiger partial charge in [0.05, 0.1) is 0 Å². The summed E-state index contributed by atoms with van der Waals surface area (Å²) >= 11 is 0. The molecule has 0 saturated heterocycles. The van der Waals surface area contributed by atoms with Gasteiger partial charge in [-0.25, -0.2) is 14.4 Å². The van der Waals surface area contributed by atoms with Gasteiger partial charge in [-0.05, 0) is 20.8 Å². The molecule has 18 heavy (non-hydrogen) atoms. The molecule has 8 nitrogen and oxygen atoms in total. The van der Waals surface area contributed by atoms with E-state index >= 15 is 0 Å². The van der Waals surface area contributed by atoms with Gasteiger partial charge in [-0.15, -0.1) is 0 Å². The van der Waals surface area contributed by atoms with Crippen molar-refractivity contribution in [3.05, 3.63) is 0 Å². The number of aliphatic hydroxyl groups is 1. The molecule has 0 spiro atoms. The number of carbonyl (C=O) groups excluding carboxylic acids is 1. The molecule has 0 bridgehead atoms. The molecule has 0 fully saturated rings. The Bertz CT molecular complexity index is 334. The molecule has 0 rings (SSSR count). The molecule has 0 aromatic rings. The van der Waals surface area contributed by atoms with Gasteiger partial charge < -0.3 is 25.4 Å². The Morgan fingerprint density at radius 2 is 1.67 bits per heavy atom. The molecule has 0 aliphatic carbocycles. The van der Waals surface area contributed by atoms with Crippen molar-refractivity contribution < 1.29 is 34.4 Å². The average molecular weight is 263 g/mol. The fraction of sp³-hybridized carbons (Fsp3) is 0.700. The fourth-order valence-electron chi connectivity index (χ4n) is 0.995. The molecule has 8 heteroatoms. The van der Waals surface area contributed by atoms with Crippen LogP contribution in [0.15, 0.2) is 0 Å². The first-order chi connectivity index (χ1) is 8.03. The standard InChI is InChI=1S/C10H17NO7/c1-10(2,3)18-9(17)11-5(7(13)14)4-6(12)8(15)16/h5-6,12H,4H2,1-3H3,(H,11,17)(H,13,14)(H,15,16)/t5-,6+/m0/s1. The highest BCUT2D eigenvalue weighted by molar-refractivity contribution is 5.81. The van der Waals surface area contributed by atoms with Crippen molar-refractivity contribution in [3.63, 3.8) is 0 Å². The number of carboxylic acids is 2. The zero-order valence-corrected chi connectivity index (χ0v) is 10.3. The van der Waals surface area contributed by atoms with Crippen molar-refractivity contribution in [2.75, 3.05) is 0 Å². The van der Waals surface area contributed by atoms with Crippen LogP contribution >= 0.6 is 0 Å². The third-order valence-electron chi connectivity index (χ3n) is 1.73. The zero-order valence-electron chi connectivity index (χ0n) is 10.3. The van der Waals surface area contributed by atoms with Crippen molar-refractivity contribution in [3.8, 4) is 0 Å². The number of ether oxygens (including phenoxy) is 1. The van der Waals surface area contributed by atoms with Gasteiger partial charge >= 0.3 is 18.0 Å². The van der Waals surface area contributed by atoms with Gasteiger partial charge in [0.15, 0.2) is 6.10 Å². The van der Waals surface area contributed by atoms with Gasteiger partial charge in [0.25, 0.3) is 0 Å². The number of alkyl carbamates (subject to hydrolysis) is 1. The first-order valence-corrected chi connectivity index (χ1v) is 5.16. The molecular weight excluding hydrogens is 246 g/mol. The Balaban J connectivity index is 4.50. The molecular formula is C10H17NO7. The van der Waals surface area contributed by atoms with E-state index in [2.05, 4.69) is 0 Å². The second-order valence-electron chi connectivity index (χ2n) is 4.63. The molecule has 0 aliphatic rings. The number of nitrogens with one attached hydrogen (secondary N) is 1. The van der Waals surface area contributed by atoms with E-state index in [0.29, 0.717) is 0 Å². The van der Waals surface area contributed by atoms with Gasteiger partial charge in [-0.1, -0.05) is 0 Å². The van der Waals surface area contributed by atoms with Crippen molar-refractivity contribution in [2.24, 2.45) is 0 Å². The van der Waals surface area contributed by atoms with E-state index in [-0.39, 0.29) is 0 Å². The second-order valence-corrected chi connectivity index (χ2v) is 4.63. The van der Waals surface area contributed by atoms with E-state index in [4.69, 9.17) is 20.1 Å². The Hall–Kier alpha value is -1.83. The summed E-state index contributed by atoms with van der Waals surface area (Å²) in [7, 11) is 0. The first kappa shape index (κ1) is 16.2. The van der Waals surface area contributed by atoms with E-state index < -0.39 is 42.2 Å². The van der Waals surface area contributed by atoms with Crippen LogP contribution in [-0.4, -0.2) is 51.1 Å². The summed E-state index contributed by atoms with van der Waals surface area (Å²) in [4.78, 5) is 32.5. The zero-order chi connectivity index (χ0) is 14.5. The Labute approximate surface area is 104 Å². The van der Waals surface area contributed by atoms with Crippen LogP contribution in [0.25, 0.3) is 0 Å². The predicted molar refractivity (Wildman–Crippen MR) is 59.1 cm³/mol. The fourth-order valence-corrected chi connectivity index (χ4v) is 0.995. The molecule has 1 amide bonds. The summed E-state index contributed by atoms with van der Waals surface area (Å²) in [5.74, 6) is -3.02. The lowest BCUT2D eigenvalue weighted by atomic mass is 10.1. The molecule has 0 aliphatic heterocycles. The molecule has 0 saturated carbocycles. The smallest absolute Gasteiger partial charge is 0.408 e. The molecule has 0 radical (unpaired) electrons. The second kappa shape index (κ2) is 6.20. The van der Waals surface area contributed by atoms with Crippen molar-refractivity contribution in [1.82, 2.24) is 5.32 Å².